The highest BCUT2D eigenvalue weighted by Gasteiger charge is 2.22. The molecule has 1 unspecified atom stereocenters. The molecule has 0 bridgehead atoms. The fourth-order valence-electron chi connectivity index (χ4n) is 3.56. The topological polar surface area (TPSA) is 56.1 Å². The summed E-state index contributed by atoms with van der Waals surface area (Å²) in [5, 5.41) is 3.45. The molecule has 0 spiro atoms. The second-order valence-corrected chi connectivity index (χ2v) is 6.97. The molecule has 4 rings (SSSR count). The lowest BCUT2D eigenvalue weighted by molar-refractivity contribution is -0.117. The van der Waals surface area contributed by atoms with Gasteiger partial charge in [0.25, 0.3) is 0 Å². The summed E-state index contributed by atoms with van der Waals surface area (Å²) in [5.74, 6) is 0.537. The largest absolute Gasteiger partial charge is 0.495 e. The van der Waals surface area contributed by atoms with Gasteiger partial charge in [-0.05, 0) is 59.3 Å². The van der Waals surface area contributed by atoms with Crippen molar-refractivity contribution in [3.05, 3.63) is 82.9 Å². The standard InChI is InChI=1S/C22H20ClN3O2/c1-28-20-14-15(6-10-19(20)26-13-12-24-22(26)23)7-11-21(27)25-18-9-8-16-4-2-3-5-17(16)18/h2-7,10-14,18H,8-9H2,1H3,(H,25,27)/b11-7+. The molecule has 1 amide bonds. The van der Waals surface area contributed by atoms with E-state index in [0.717, 1.165) is 24.1 Å². The van der Waals surface area contributed by atoms with Crippen LogP contribution in [0.3, 0.4) is 0 Å². The molecular weight excluding hydrogens is 374 g/mol. The molecule has 1 heterocycles. The number of aryl methyl sites for hydroxylation is 1. The summed E-state index contributed by atoms with van der Waals surface area (Å²) in [6.45, 7) is 0. The molecule has 2 aromatic carbocycles. The normalized spacial score (nSPS) is 15.6. The molecule has 0 aliphatic heterocycles. The van der Waals surface area contributed by atoms with E-state index in [1.807, 2.05) is 30.3 Å². The lowest BCUT2D eigenvalue weighted by atomic mass is 10.1. The predicted octanol–water partition coefficient (Wildman–Crippen LogP) is 4.35. The Morgan fingerprint density at radius 2 is 2.18 bits per heavy atom. The third-order valence-electron chi connectivity index (χ3n) is 4.94. The van der Waals surface area contributed by atoms with Crippen LogP contribution >= 0.6 is 11.6 Å². The van der Waals surface area contributed by atoms with Gasteiger partial charge in [0.1, 0.15) is 5.75 Å². The fourth-order valence-corrected chi connectivity index (χ4v) is 3.76. The van der Waals surface area contributed by atoms with Crippen molar-refractivity contribution in [2.45, 2.75) is 18.9 Å². The second-order valence-electron chi connectivity index (χ2n) is 6.63. The second kappa shape index (κ2) is 7.90. The first-order valence-electron chi connectivity index (χ1n) is 9.09. The average Bonchev–Trinajstić information content (AvgIpc) is 3.32. The molecule has 0 radical (unpaired) electrons. The number of carbonyl (C=O) groups excluding carboxylic acids is 1. The van der Waals surface area contributed by atoms with Crippen LogP contribution in [0.5, 0.6) is 5.75 Å². The van der Waals surface area contributed by atoms with E-state index in [0.29, 0.717) is 11.0 Å². The Balaban J connectivity index is 1.47. The number of nitrogens with one attached hydrogen (secondary N) is 1. The van der Waals surface area contributed by atoms with Crippen molar-refractivity contribution in [1.29, 1.82) is 0 Å². The molecule has 0 fully saturated rings. The Bertz CT molecular complexity index is 1040. The van der Waals surface area contributed by atoms with E-state index in [4.69, 9.17) is 16.3 Å². The first kappa shape index (κ1) is 18.3. The molecule has 6 heteroatoms. The number of benzene rings is 2. The van der Waals surface area contributed by atoms with Gasteiger partial charge in [-0.25, -0.2) is 4.98 Å². The van der Waals surface area contributed by atoms with E-state index in [1.54, 1.807) is 36.2 Å². The van der Waals surface area contributed by atoms with Crippen molar-refractivity contribution in [2.75, 3.05) is 7.11 Å². The number of rotatable bonds is 5. The average molecular weight is 394 g/mol. The van der Waals surface area contributed by atoms with Crippen molar-refractivity contribution in [3.63, 3.8) is 0 Å². The van der Waals surface area contributed by atoms with Gasteiger partial charge in [0.15, 0.2) is 0 Å². The van der Waals surface area contributed by atoms with Crippen molar-refractivity contribution in [1.82, 2.24) is 14.9 Å². The number of ether oxygens (including phenoxy) is 1. The first-order valence-corrected chi connectivity index (χ1v) is 9.47. The molecule has 28 heavy (non-hydrogen) atoms. The van der Waals surface area contributed by atoms with Crippen LogP contribution in [-0.2, 0) is 11.2 Å². The van der Waals surface area contributed by atoms with Gasteiger partial charge in [-0.15, -0.1) is 0 Å². The number of hydrogen-bond donors (Lipinski definition) is 1. The van der Waals surface area contributed by atoms with E-state index in [2.05, 4.69) is 22.4 Å². The molecule has 1 atom stereocenters. The number of methoxy groups -OCH3 is 1. The van der Waals surface area contributed by atoms with Gasteiger partial charge >= 0.3 is 0 Å². The van der Waals surface area contributed by atoms with Crippen LogP contribution in [0.25, 0.3) is 11.8 Å². The highest BCUT2D eigenvalue weighted by atomic mass is 35.5. The zero-order valence-corrected chi connectivity index (χ0v) is 16.2. The van der Waals surface area contributed by atoms with Crippen molar-refractivity contribution in [3.8, 4) is 11.4 Å². The molecule has 0 saturated heterocycles. The SMILES string of the molecule is COc1cc(/C=C/C(=O)NC2CCc3ccccc32)ccc1-n1ccnc1Cl. The molecule has 1 aromatic heterocycles. The Morgan fingerprint density at radius 3 is 2.96 bits per heavy atom. The summed E-state index contributed by atoms with van der Waals surface area (Å²) in [6, 6.07) is 14.0. The summed E-state index contributed by atoms with van der Waals surface area (Å²) in [5.41, 5.74) is 4.18. The maximum atomic E-state index is 12.4. The summed E-state index contributed by atoms with van der Waals surface area (Å²) in [7, 11) is 1.60. The van der Waals surface area contributed by atoms with E-state index < -0.39 is 0 Å². The van der Waals surface area contributed by atoms with Crippen LogP contribution in [0.2, 0.25) is 5.28 Å². The number of hydrogen-bond acceptors (Lipinski definition) is 3. The van der Waals surface area contributed by atoms with Crippen LogP contribution < -0.4 is 10.1 Å². The van der Waals surface area contributed by atoms with Gasteiger partial charge < -0.3 is 10.1 Å². The maximum absolute atomic E-state index is 12.4. The summed E-state index contributed by atoms with van der Waals surface area (Å²) < 4.78 is 7.21. The highest BCUT2D eigenvalue weighted by Crippen LogP contribution is 2.31. The van der Waals surface area contributed by atoms with Crippen LogP contribution in [0.15, 0.2) is 60.9 Å². The number of halogens is 1. The Labute approximate surface area is 168 Å². The number of imidazole rings is 1. The predicted molar refractivity (Wildman–Crippen MR) is 110 cm³/mol. The highest BCUT2D eigenvalue weighted by molar-refractivity contribution is 6.28. The molecule has 142 valence electrons. The minimum absolute atomic E-state index is 0.0774. The lowest BCUT2D eigenvalue weighted by Gasteiger charge is -2.12. The van der Waals surface area contributed by atoms with Gasteiger partial charge in [-0.2, -0.15) is 0 Å². The van der Waals surface area contributed by atoms with Gasteiger partial charge in [0, 0.05) is 18.5 Å². The van der Waals surface area contributed by atoms with E-state index in [9.17, 15) is 4.79 Å². The van der Waals surface area contributed by atoms with E-state index in [1.165, 1.54) is 11.1 Å². The monoisotopic (exact) mass is 393 g/mol. The molecule has 1 N–H and O–H groups in total. The number of carbonyl (C=O) groups is 1. The van der Waals surface area contributed by atoms with Crippen LogP contribution in [0, 0.1) is 0 Å². The molecule has 0 saturated carbocycles. The van der Waals surface area contributed by atoms with Crippen LogP contribution in [0.1, 0.15) is 29.2 Å². The van der Waals surface area contributed by atoms with Gasteiger partial charge in [0.05, 0.1) is 18.8 Å². The Morgan fingerprint density at radius 1 is 1.32 bits per heavy atom. The maximum Gasteiger partial charge on any atom is 0.244 e. The van der Waals surface area contributed by atoms with Gasteiger partial charge in [-0.3, -0.25) is 9.36 Å². The smallest absolute Gasteiger partial charge is 0.244 e. The third kappa shape index (κ3) is 3.66. The van der Waals surface area contributed by atoms with Crippen molar-refractivity contribution in [2.24, 2.45) is 0 Å². The zero-order chi connectivity index (χ0) is 19.5. The number of aromatic nitrogens is 2. The fraction of sp³-hybridized carbons (Fsp3) is 0.182. The molecule has 1 aliphatic carbocycles. The Kier molecular flexibility index (Phi) is 5.17. The van der Waals surface area contributed by atoms with E-state index in [-0.39, 0.29) is 11.9 Å². The van der Waals surface area contributed by atoms with Crippen LogP contribution in [0.4, 0.5) is 0 Å². The quantitative estimate of drug-likeness (QED) is 0.655. The van der Waals surface area contributed by atoms with Crippen LogP contribution in [-0.4, -0.2) is 22.6 Å². The Hall–Kier alpha value is -3.05. The number of fused-ring (bicyclic) bond motifs is 1. The third-order valence-corrected chi connectivity index (χ3v) is 5.22. The minimum atomic E-state index is -0.109. The number of nitrogens with zero attached hydrogens (tertiary/aromatic N) is 2. The molecule has 1 aliphatic rings. The zero-order valence-electron chi connectivity index (χ0n) is 15.4. The van der Waals surface area contributed by atoms with Gasteiger partial charge in [-0.1, -0.05) is 30.3 Å². The van der Waals surface area contributed by atoms with Crippen molar-refractivity contribution >= 4 is 23.6 Å². The van der Waals surface area contributed by atoms with Gasteiger partial charge in [0.2, 0.25) is 11.2 Å². The van der Waals surface area contributed by atoms with Crippen molar-refractivity contribution < 1.29 is 9.53 Å². The lowest BCUT2D eigenvalue weighted by Crippen LogP contribution is -2.25. The van der Waals surface area contributed by atoms with E-state index >= 15 is 0 Å². The molecular formula is C22H20ClN3O2. The first-order chi connectivity index (χ1) is 13.7. The summed E-state index contributed by atoms with van der Waals surface area (Å²) in [6.07, 6.45) is 8.66. The molecule has 5 nitrogen and oxygen atoms in total. The summed E-state index contributed by atoms with van der Waals surface area (Å²) in [4.78, 5) is 16.4. The minimum Gasteiger partial charge on any atom is -0.495 e. The number of amides is 1. The summed E-state index contributed by atoms with van der Waals surface area (Å²) >= 11 is 6.09. The molecule has 3 aromatic rings.